The van der Waals surface area contributed by atoms with Crippen molar-refractivity contribution < 1.29 is 14.3 Å². The van der Waals surface area contributed by atoms with Gasteiger partial charge in [0.05, 0.1) is 5.71 Å². The monoisotopic (exact) mass is 235 g/mol. The first-order valence-corrected chi connectivity index (χ1v) is 5.59. The molecule has 1 aliphatic rings. The third kappa shape index (κ3) is 2.33. The minimum atomic E-state index is -0.302. The summed E-state index contributed by atoms with van der Waals surface area (Å²) in [7, 11) is 4.85. The van der Waals surface area contributed by atoms with Crippen molar-refractivity contribution in [1.82, 2.24) is 0 Å². The van der Waals surface area contributed by atoms with E-state index >= 15 is 0 Å². The van der Waals surface area contributed by atoms with Gasteiger partial charge in [-0.1, -0.05) is 23.4 Å². The Morgan fingerprint density at radius 2 is 1.88 bits per heavy atom. The normalized spacial score (nSPS) is 16.6. The Morgan fingerprint density at radius 3 is 2.53 bits per heavy atom. The van der Waals surface area contributed by atoms with Crippen LogP contribution >= 0.6 is 0 Å². The summed E-state index contributed by atoms with van der Waals surface area (Å²) in [5.74, 6) is 0. The molecule has 0 fully saturated rings. The molecule has 0 radical (unpaired) electrons. The minimum Gasteiger partial charge on any atom is -0.399 e. The summed E-state index contributed by atoms with van der Waals surface area (Å²) in [5.41, 5.74) is 4.49. The maximum Gasteiger partial charge on any atom is 0.183 e. The number of nitrogens with zero attached hydrogens (tertiary/aromatic N) is 1. The number of aryl methyl sites for hydroxylation is 1. The van der Waals surface area contributed by atoms with Gasteiger partial charge in [0.25, 0.3) is 0 Å². The number of methoxy groups -OCH3 is 2. The second kappa shape index (κ2) is 5.29. The highest BCUT2D eigenvalue weighted by Gasteiger charge is 2.20. The molecule has 0 heterocycles. The first-order valence-electron chi connectivity index (χ1n) is 5.59. The molecule has 1 aromatic carbocycles. The van der Waals surface area contributed by atoms with Crippen LogP contribution in [0.5, 0.6) is 0 Å². The Balaban J connectivity index is 2.31. The average molecular weight is 235 g/mol. The van der Waals surface area contributed by atoms with Crippen molar-refractivity contribution in [3.05, 3.63) is 34.9 Å². The number of hydrogen-bond acceptors (Lipinski definition) is 4. The zero-order valence-corrected chi connectivity index (χ0v) is 10.4. The highest BCUT2D eigenvalue weighted by atomic mass is 16.7. The molecule has 1 aromatic rings. The van der Waals surface area contributed by atoms with E-state index in [1.165, 1.54) is 11.1 Å². The number of hydrogen-bond donors (Lipinski definition) is 0. The molecule has 92 valence electrons. The number of rotatable bonds is 4. The van der Waals surface area contributed by atoms with E-state index in [1.54, 1.807) is 21.3 Å². The van der Waals surface area contributed by atoms with Gasteiger partial charge < -0.3 is 14.3 Å². The van der Waals surface area contributed by atoms with Gasteiger partial charge in [0, 0.05) is 25.3 Å². The van der Waals surface area contributed by atoms with Gasteiger partial charge in [-0.3, -0.25) is 0 Å². The molecule has 0 atom stereocenters. The van der Waals surface area contributed by atoms with Gasteiger partial charge in [-0.15, -0.1) is 0 Å². The van der Waals surface area contributed by atoms with Crippen LogP contribution in [-0.4, -0.2) is 27.0 Å². The maximum atomic E-state index is 5.24. The van der Waals surface area contributed by atoms with Crippen LogP contribution in [0.3, 0.4) is 0 Å². The first-order chi connectivity index (χ1) is 8.30. The Morgan fingerprint density at radius 1 is 1.12 bits per heavy atom. The number of oxime groups is 1. The number of fused-ring (bicyclic) bond motifs is 1. The summed E-state index contributed by atoms with van der Waals surface area (Å²) in [5, 5.41) is 4.03. The fourth-order valence-electron chi connectivity index (χ4n) is 2.21. The second-order valence-corrected chi connectivity index (χ2v) is 3.94. The summed E-state index contributed by atoms with van der Waals surface area (Å²) in [6, 6.07) is 6.18. The van der Waals surface area contributed by atoms with E-state index < -0.39 is 0 Å². The summed E-state index contributed by atoms with van der Waals surface area (Å²) in [6.45, 7) is 0. The van der Waals surface area contributed by atoms with Crippen molar-refractivity contribution >= 4 is 5.71 Å². The van der Waals surface area contributed by atoms with Gasteiger partial charge in [0.2, 0.25) is 0 Å². The minimum absolute atomic E-state index is 0.302. The van der Waals surface area contributed by atoms with E-state index in [0.29, 0.717) is 0 Å². The standard InChI is InChI=1S/C13H17NO3/c1-15-13(16-2)10-4-6-11-9(8-10)5-7-12(11)14-17-3/h4,6,8,13H,5,7H2,1-3H3/b14-12+. The summed E-state index contributed by atoms with van der Waals surface area (Å²) in [4.78, 5) is 4.84. The number of ether oxygens (including phenoxy) is 2. The third-order valence-electron chi connectivity index (χ3n) is 2.97. The molecule has 17 heavy (non-hydrogen) atoms. The maximum absolute atomic E-state index is 5.24. The summed E-state index contributed by atoms with van der Waals surface area (Å²) >= 11 is 0. The van der Waals surface area contributed by atoms with Crippen molar-refractivity contribution in [3.63, 3.8) is 0 Å². The predicted molar refractivity (Wildman–Crippen MR) is 65.1 cm³/mol. The van der Waals surface area contributed by atoms with Gasteiger partial charge in [-0.2, -0.15) is 0 Å². The zero-order chi connectivity index (χ0) is 12.3. The van der Waals surface area contributed by atoms with Gasteiger partial charge in [0.1, 0.15) is 7.11 Å². The van der Waals surface area contributed by atoms with E-state index in [2.05, 4.69) is 17.3 Å². The topological polar surface area (TPSA) is 40.0 Å². The van der Waals surface area contributed by atoms with Crippen LogP contribution in [0, 0.1) is 0 Å². The molecule has 0 aliphatic heterocycles. The molecule has 0 saturated heterocycles. The van der Waals surface area contributed by atoms with Crippen LogP contribution in [0.1, 0.15) is 29.4 Å². The molecule has 4 nitrogen and oxygen atoms in total. The van der Waals surface area contributed by atoms with E-state index in [4.69, 9.17) is 14.3 Å². The van der Waals surface area contributed by atoms with Crippen molar-refractivity contribution in [1.29, 1.82) is 0 Å². The van der Waals surface area contributed by atoms with Crippen LogP contribution in [0.15, 0.2) is 23.4 Å². The molecule has 0 spiro atoms. The molecular formula is C13H17NO3. The SMILES string of the molecule is CO/N=C1\CCc2cc(C(OC)OC)ccc21. The van der Waals surface area contributed by atoms with Crippen molar-refractivity contribution in [2.45, 2.75) is 19.1 Å². The van der Waals surface area contributed by atoms with Gasteiger partial charge in [-0.25, -0.2) is 0 Å². The lowest BCUT2D eigenvalue weighted by molar-refractivity contribution is -0.106. The second-order valence-electron chi connectivity index (χ2n) is 3.94. The fourth-order valence-corrected chi connectivity index (χ4v) is 2.21. The lowest BCUT2D eigenvalue weighted by atomic mass is 10.1. The first kappa shape index (κ1) is 12.1. The van der Waals surface area contributed by atoms with E-state index in [-0.39, 0.29) is 6.29 Å². The van der Waals surface area contributed by atoms with Crippen LogP contribution < -0.4 is 0 Å². The Hall–Kier alpha value is -1.39. The number of benzene rings is 1. The molecule has 0 saturated carbocycles. The molecule has 1 aliphatic carbocycles. The third-order valence-corrected chi connectivity index (χ3v) is 2.97. The quantitative estimate of drug-likeness (QED) is 0.593. The molecule has 0 amide bonds. The fraction of sp³-hybridized carbons (Fsp3) is 0.462. The van der Waals surface area contributed by atoms with Crippen molar-refractivity contribution in [2.24, 2.45) is 5.16 Å². The Bertz CT molecular complexity index is 425. The van der Waals surface area contributed by atoms with Crippen LogP contribution in [0.25, 0.3) is 0 Å². The highest BCUT2D eigenvalue weighted by Crippen LogP contribution is 2.27. The molecular weight excluding hydrogens is 218 g/mol. The lowest BCUT2D eigenvalue weighted by Gasteiger charge is -2.14. The molecule has 0 unspecified atom stereocenters. The van der Waals surface area contributed by atoms with Crippen molar-refractivity contribution in [2.75, 3.05) is 21.3 Å². The van der Waals surface area contributed by atoms with Crippen LogP contribution in [0.2, 0.25) is 0 Å². The van der Waals surface area contributed by atoms with E-state index in [0.717, 1.165) is 24.1 Å². The van der Waals surface area contributed by atoms with Crippen LogP contribution in [-0.2, 0) is 20.7 Å². The predicted octanol–water partition coefficient (Wildman–Crippen LogP) is 2.27. The zero-order valence-electron chi connectivity index (χ0n) is 10.4. The largest absolute Gasteiger partial charge is 0.399 e. The Labute approximate surface area is 101 Å². The average Bonchev–Trinajstić information content (AvgIpc) is 2.74. The van der Waals surface area contributed by atoms with Gasteiger partial charge in [-0.05, 0) is 18.4 Å². The Kier molecular flexibility index (Phi) is 3.76. The van der Waals surface area contributed by atoms with Crippen LogP contribution in [0.4, 0.5) is 0 Å². The van der Waals surface area contributed by atoms with Gasteiger partial charge >= 0.3 is 0 Å². The summed E-state index contributed by atoms with van der Waals surface area (Å²) < 4.78 is 10.5. The summed E-state index contributed by atoms with van der Waals surface area (Å²) in [6.07, 6.45) is 1.62. The van der Waals surface area contributed by atoms with Gasteiger partial charge in [0.15, 0.2) is 6.29 Å². The van der Waals surface area contributed by atoms with E-state index in [1.807, 2.05) is 6.07 Å². The lowest BCUT2D eigenvalue weighted by Crippen LogP contribution is -2.04. The highest BCUT2D eigenvalue weighted by molar-refractivity contribution is 6.04. The smallest absolute Gasteiger partial charge is 0.183 e. The van der Waals surface area contributed by atoms with E-state index in [9.17, 15) is 0 Å². The molecule has 0 aromatic heterocycles. The molecule has 4 heteroatoms. The van der Waals surface area contributed by atoms with Crippen molar-refractivity contribution in [3.8, 4) is 0 Å². The molecule has 0 N–H and O–H groups in total. The molecule has 0 bridgehead atoms. The molecule has 2 rings (SSSR count).